The van der Waals surface area contributed by atoms with E-state index in [1.165, 1.54) is 23.8 Å². The quantitative estimate of drug-likeness (QED) is 0.464. The fourth-order valence-corrected chi connectivity index (χ4v) is 6.68. The molecule has 198 valence electrons. The molecule has 0 radical (unpaired) electrons. The fraction of sp³-hybridized carbons (Fsp3) is 0.586. The number of H-pyrrole nitrogens is 1. The van der Waals surface area contributed by atoms with Gasteiger partial charge in [-0.05, 0) is 37.3 Å². The predicted octanol–water partition coefficient (Wildman–Crippen LogP) is 3.66. The number of imidazole rings is 1. The van der Waals surface area contributed by atoms with Gasteiger partial charge in [-0.2, -0.15) is 0 Å². The van der Waals surface area contributed by atoms with E-state index in [4.69, 9.17) is 15.5 Å². The van der Waals surface area contributed by atoms with Crippen LogP contribution in [0.25, 0.3) is 10.9 Å². The van der Waals surface area contributed by atoms with Crippen molar-refractivity contribution in [2.75, 3.05) is 32.8 Å². The second-order valence-corrected chi connectivity index (χ2v) is 11.1. The van der Waals surface area contributed by atoms with Gasteiger partial charge in [-0.3, -0.25) is 14.6 Å². The van der Waals surface area contributed by atoms with Crippen molar-refractivity contribution in [3.63, 3.8) is 0 Å². The number of hydrogen-bond acceptors (Lipinski definition) is 5. The van der Waals surface area contributed by atoms with Gasteiger partial charge in [0.2, 0.25) is 0 Å². The average molecular weight is 505 g/mol. The monoisotopic (exact) mass is 504 g/mol. The van der Waals surface area contributed by atoms with Crippen LogP contribution in [0.2, 0.25) is 0 Å². The Bertz CT molecular complexity index is 1240. The first kappa shape index (κ1) is 24.6. The molecule has 1 amide bonds. The van der Waals surface area contributed by atoms with Crippen LogP contribution in [0.4, 0.5) is 0 Å². The molecular weight excluding hydrogens is 464 g/mol. The molecule has 2 saturated heterocycles. The van der Waals surface area contributed by atoms with Gasteiger partial charge in [-0.1, -0.05) is 38.0 Å². The van der Waals surface area contributed by atoms with Crippen molar-refractivity contribution in [2.24, 2.45) is 5.73 Å². The molecule has 3 N–H and O–H groups in total. The zero-order valence-electron chi connectivity index (χ0n) is 22.0. The summed E-state index contributed by atoms with van der Waals surface area (Å²) in [4.78, 5) is 26.2. The molecule has 37 heavy (non-hydrogen) atoms. The summed E-state index contributed by atoms with van der Waals surface area (Å²) in [6.45, 7) is 8.97. The molecule has 1 atom stereocenters. The van der Waals surface area contributed by atoms with Crippen molar-refractivity contribution in [1.82, 2.24) is 24.3 Å². The number of carbonyl (C=O) groups excluding carboxylic acids is 1. The molecule has 8 nitrogen and oxygen atoms in total. The third kappa shape index (κ3) is 4.82. The maximum atomic E-state index is 12.7. The van der Waals surface area contributed by atoms with E-state index in [2.05, 4.69) is 56.7 Å². The van der Waals surface area contributed by atoms with Crippen LogP contribution in [-0.2, 0) is 24.2 Å². The number of piperidine rings is 1. The lowest BCUT2D eigenvalue weighted by Crippen LogP contribution is -2.55. The average Bonchev–Trinajstić information content (AvgIpc) is 3.47. The Morgan fingerprint density at radius 2 is 1.95 bits per heavy atom. The SMILES string of the molecule is CCCCC(Cc1c[nH]c2ccccc12)c1c(C(N)=O)nc2n1CCN(C1CCN(C3COC3)CC1)C2. The Kier molecular flexibility index (Phi) is 7.06. The van der Waals surface area contributed by atoms with Crippen molar-refractivity contribution < 1.29 is 9.53 Å². The second-order valence-electron chi connectivity index (χ2n) is 11.1. The van der Waals surface area contributed by atoms with Crippen LogP contribution in [-0.4, -0.2) is 75.2 Å². The topological polar surface area (TPSA) is 92.4 Å². The Balaban J connectivity index is 1.24. The minimum Gasteiger partial charge on any atom is -0.378 e. The highest BCUT2D eigenvalue weighted by atomic mass is 16.5. The largest absolute Gasteiger partial charge is 0.378 e. The Hall–Kier alpha value is -2.68. The lowest BCUT2D eigenvalue weighted by atomic mass is 9.89. The Morgan fingerprint density at radius 1 is 1.14 bits per heavy atom. The van der Waals surface area contributed by atoms with Gasteiger partial charge in [-0.15, -0.1) is 0 Å². The summed E-state index contributed by atoms with van der Waals surface area (Å²) in [5.41, 5.74) is 9.94. The number of likely N-dealkylation sites (tertiary alicyclic amines) is 1. The van der Waals surface area contributed by atoms with E-state index in [1.54, 1.807) is 0 Å². The number of aromatic nitrogens is 3. The lowest BCUT2D eigenvalue weighted by Gasteiger charge is -2.44. The number of hydrogen-bond donors (Lipinski definition) is 2. The van der Waals surface area contributed by atoms with Crippen LogP contribution in [0.15, 0.2) is 30.5 Å². The van der Waals surface area contributed by atoms with Crippen LogP contribution >= 0.6 is 0 Å². The molecule has 6 rings (SSSR count). The standard InChI is InChI=1S/C29H40N6O2/c1-2-3-6-20(15-21-16-31-25-8-5-4-7-24(21)25)28-27(29(30)36)32-26-17-34(13-14-35(26)28)22-9-11-33(12-10-22)23-18-37-19-23/h4-5,7-8,16,20,22-23,31H,2-3,6,9-15,17-19H2,1H3,(H2,30,36). The number of ether oxygens (including phenoxy) is 1. The first-order chi connectivity index (χ1) is 18.1. The Labute approximate surface area is 219 Å². The molecular formula is C29H40N6O2. The van der Waals surface area contributed by atoms with Gasteiger partial charge in [0.25, 0.3) is 5.91 Å². The van der Waals surface area contributed by atoms with Crippen molar-refractivity contribution in [1.29, 1.82) is 0 Å². The maximum absolute atomic E-state index is 12.7. The number of primary amides is 1. The highest BCUT2D eigenvalue weighted by molar-refractivity contribution is 5.92. The number of nitrogens with two attached hydrogens (primary N) is 1. The van der Waals surface area contributed by atoms with Crippen LogP contribution in [0.3, 0.4) is 0 Å². The number of fused-ring (bicyclic) bond motifs is 2. The van der Waals surface area contributed by atoms with Crippen molar-refractivity contribution in [3.8, 4) is 0 Å². The number of nitrogens with one attached hydrogen (secondary N) is 1. The molecule has 0 aliphatic carbocycles. The van der Waals surface area contributed by atoms with Gasteiger partial charge < -0.3 is 20.0 Å². The Morgan fingerprint density at radius 3 is 2.68 bits per heavy atom. The molecule has 1 aromatic carbocycles. The van der Waals surface area contributed by atoms with Crippen molar-refractivity contribution in [3.05, 3.63) is 53.2 Å². The van der Waals surface area contributed by atoms with Crippen LogP contribution in [0, 0.1) is 0 Å². The van der Waals surface area contributed by atoms with Crippen molar-refractivity contribution in [2.45, 2.75) is 76.5 Å². The molecule has 5 heterocycles. The minimum absolute atomic E-state index is 0.211. The van der Waals surface area contributed by atoms with E-state index in [0.29, 0.717) is 17.8 Å². The summed E-state index contributed by atoms with van der Waals surface area (Å²) in [5, 5.41) is 1.26. The molecule has 1 unspecified atom stereocenters. The van der Waals surface area contributed by atoms with Gasteiger partial charge in [-0.25, -0.2) is 4.98 Å². The maximum Gasteiger partial charge on any atom is 0.269 e. The molecule has 3 aliphatic rings. The van der Waals surface area contributed by atoms with E-state index < -0.39 is 5.91 Å². The van der Waals surface area contributed by atoms with E-state index in [1.807, 2.05) is 0 Å². The summed E-state index contributed by atoms with van der Waals surface area (Å²) in [6, 6.07) is 9.65. The molecule has 2 aromatic heterocycles. The van der Waals surface area contributed by atoms with Gasteiger partial charge in [0.05, 0.1) is 31.5 Å². The molecule has 3 aliphatic heterocycles. The summed E-state index contributed by atoms with van der Waals surface area (Å²) in [7, 11) is 0. The zero-order chi connectivity index (χ0) is 25.4. The first-order valence-corrected chi connectivity index (χ1v) is 14.1. The third-order valence-corrected chi connectivity index (χ3v) is 8.86. The molecule has 0 saturated carbocycles. The molecule has 3 aromatic rings. The van der Waals surface area contributed by atoms with E-state index in [-0.39, 0.29) is 5.92 Å². The first-order valence-electron chi connectivity index (χ1n) is 14.1. The number of carbonyl (C=O) groups is 1. The van der Waals surface area contributed by atoms with Crippen molar-refractivity contribution >= 4 is 16.8 Å². The van der Waals surface area contributed by atoms with Gasteiger partial charge in [0, 0.05) is 55.2 Å². The minimum atomic E-state index is -0.403. The smallest absolute Gasteiger partial charge is 0.269 e. The van der Waals surface area contributed by atoms with Crippen LogP contribution in [0.1, 0.15) is 72.5 Å². The lowest BCUT2D eigenvalue weighted by molar-refractivity contribution is -0.0771. The molecule has 0 bridgehead atoms. The van der Waals surface area contributed by atoms with E-state index in [9.17, 15) is 4.79 Å². The van der Waals surface area contributed by atoms with Crippen LogP contribution < -0.4 is 5.73 Å². The highest BCUT2D eigenvalue weighted by Crippen LogP contribution is 2.34. The van der Waals surface area contributed by atoms with Gasteiger partial charge >= 0.3 is 0 Å². The fourth-order valence-electron chi connectivity index (χ4n) is 6.68. The second kappa shape index (κ2) is 10.6. The van der Waals surface area contributed by atoms with Crippen LogP contribution in [0.5, 0.6) is 0 Å². The predicted molar refractivity (Wildman–Crippen MR) is 145 cm³/mol. The molecule has 0 spiro atoms. The number of benzene rings is 1. The number of para-hydroxylation sites is 1. The summed E-state index contributed by atoms with van der Waals surface area (Å²) < 4.78 is 7.74. The normalized spacial score (nSPS) is 20.7. The molecule has 8 heteroatoms. The number of amides is 1. The summed E-state index contributed by atoms with van der Waals surface area (Å²) in [6.07, 6.45) is 8.64. The molecule has 2 fully saturated rings. The number of nitrogens with zero attached hydrogens (tertiary/aromatic N) is 4. The number of rotatable bonds is 9. The summed E-state index contributed by atoms with van der Waals surface area (Å²) >= 11 is 0. The summed E-state index contributed by atoms with van der Waals surface area (Å²) in [5.74, 6) is 0.813. The highest BCUT2D eigenvalue weighted by Gasteiger charge is 2.35. The number of aromatic amines is 1. The van der Waals surface area contributed by atoms with E-state index >= 15 is 0 Å². The third-order valence-electron chi connectivity index (χ3n) is 8.86. The van der Waals surface area contributed by atoms with E-state index in [0.717, 1.165) is 88.7 Å². The van der Waals surface area contributed by atoms with Gasteiger partial charge in [0.15, 0.2) is 0 Å². The number of unbranched alkanes of at least 4 members (excludes halogenated alkanes) is 1. The van der Waals surface area contributed by atoms with Gasteiger partial charge in [0.1, 0.15) is 11.5 Å². The zero-order valence-corrected chi connectivity index (χ0v) is 22.0.